The van der Waals surface area contributed by atoms with Gasteiger partial charge in [0.25, 0.3) is 0 Å². The van der Waals surface area contributed by atoms with Crippen LogP contribution in [0, 0.1) is 0 Å². The normalized spacial score (nSPS) is 12.3. The van der Waals surface area contributed by atoms with Crippen molar-refractivity contribution in [1.82, 2.24) is 4.90 Å². The second-order valence-corrected chi connectivity index (χ2v) is 7.63. The minimum Gasteiger partial charge on any atom is -0.466 e. The molecule has 0 aromatic heterocycles. The molecule has 0 rings (SSSR count). The van der Waals surface area contributed by atoms with Crippen molar-refractivity contribution < 1.29 is 37.0 Å². The third-order valence-corrected chi connectivity index (χ3v) is 4.81. The molecule has 0 saturated heterocycles. The summed E-state index contributed by atoms with van der Waals surface area (Å²) < 4.78 is 48.9. The molecule has 182 valence electrons. The van der Waals surface area contributed by atoms with E-state index in [0.717, 1.165) is 24.2 Å². The quantitative estimate of drug-likeness (QED) is 0.224. The lowest BCUT2D eigenvalue weighted by Crippen LogP contribution is -2.42. The van der Waals surface area contributed by atoms with E-state index < -0.39 is 18.1 Å². The first kappa shape index (κ1) is 29.2. The lowest BCUT2D eigenvalue weighted by atomic mass is 10.1. The summed E-state index contributed by atoms with van der Waals surface area (Å²) in [5, 5.41) is 0. The molecule has 1 amide bonds. The van der Waals surface area contributed by atoms with Crippen LogP contribution in [-0.2, 0) is 23.9 Å². The number of alkyl halides is 3. The number of hydrogen-bond acceptors (Lipinski definition) is 5. The molecule has 0 heterocycles. The van der Waals surface area contributed by atoms with Crippen LogP contribution in [0.1, 0.15) is 91.4 Å². The van der Waals surface area contributed by atoms with E-state index in [9.17, 15) is 27.6 Å². The topological polar surface area (TPSA) is 72.9 Å². The van der Waals surface area contributed by atoms with Crippen LogP contribution in [0.2, 0.25) is 0 Å². The van der Waals surface area contributed by atoms with Gasteiger partial charge in [-0.15, -0.1) is 0 Å². The van der Waals surface area contributed by atoms with Crippen LogP contribution in [0.3, 0.4) is 0 Å². The van der Waals surface area contributed by atoms with Gasteiger partial charge in [0.05, 0.1) is 6.61 Å². The first-order chi connectivity index (χ1) is 14.6. The number of nitrogens with zero attached hydrogens (tertiary/aromatic N) is 1. The van der Waals surface area contributed by atoms with E-state index in [4.69, 9.17) is 9.47 Å². The maximum absolute atomic E-state index is 12.9. The molecule has 1 unspecified atom stereocenters. The number of rotatable bonds is 17. The third kappa shape index (κ3) is 15.6. The molecule has 0 radical (unpaired) electrons. The number of carbonyl (C=O) groups excluding carboxylic acids is 3. The standard InChI is InChI=1S/C22H38F3NO5/c1-4-6-9-13-19(31-18(3)27)14-12-17-26(21(29)22(23,24)25)16-11-8-7-10-15-20(28)30-5-2/h19H,4-17H2,1-3H3. The van der Waals surface area contributed by atoms with Crippen molar-refractivity contribution >= 4 is 17.8 Å². The highest BCUT2D eigenvalue weighted by atomic mass is 19.4. The van der Waals surface area contributed by atoms with Gasteiger partial charge in [-0.1, -0.05) is 32.6 Å². The molecule has 0 saturated carbocycles. The van der Waals surface area contributed by atoms with Gasteiger partial charge >= 0.3 is 24.0 Å². The van der Waals surface area contributed by atoms with Crippen LogP contribution >= 0.6 is 0 Å². The van der Waals surface area contributed by atoms with Crippen LogP contribution in [0.5, 0.6) is 0 Å². The predicted molar refractivity (Wildman–Crippen MR) is 111 cm³/mol. The summed E-state index contributed by atoms with van der Waals surface area (Å²) >= 11 is 0. The number of esters is 2. The second kappa shape index (κ2) is 16.8. The number of halogens is 3. The van der Waals surface area contributed by atoms with Crippen molar-refractivity contribution in [3.8, 4) is 0 Å². The average Bonchev–Trinajstić information content (AvgIpc) is 2.67. The zero-order valence-corrected chi connectivity index (χ0v) is 19.1. The monoisotopic (exact) mass is 453 g/mol. The Morgan fingerprint density at radius 2 is 1.48 bits per heavy atom. The smallest absolute Gasteiger partial charge is 0.466 e. The van der Waals surface area contributed by atoms with E-state index in [0.29, 0.717) is 51.6 Å². The zero-order chi connectivity index (χ0) is 23.7. The van der Waals surface area contributed by atoms with Crippen molar-refractivity contribution in [3.63, 3.8) is 0 Å². The lowest BCUT2D eigenvalue weighted by molar-refractivity contribution is -0.185. The predicted octanol–water partition coefficient (Wildman–Crippen LogP) is 5.18. The van der Waals surface area contributed by atoms with E-state index in [2.05, 4.69) is 6.92 Å². The average molecular weight is 454 g/mol. The molecule has 0 spiro atoms. The molecule has 0 aliphatic carbocycles. The Balaban J connectivity index is 4.51. The highest BCUT2D eigenvalue weighted by Gasteiger charge is 2.42. The van der Waals surface area contributed by atoms with Crippen LogP contribution in [0.15, 0.2) is 0 Å². The highest BCUT2D eigenvalue weighted by molar-refractivity contribution is 5.81. The molecular formula is C22H38F3NO5. The van der Waals surface area contributed by atoms with E-state index in [1.54, 1.807) is 6.92 Å². The first-order valence-electron chi connectivity index (χ1n) is 11.3. The van der Waals surface area contributed by atoms with E-state index in [1.807, 2.05) is 0 Å². The van der Waals surface area contributed by atoms with Crippen LogP contribution in [0.4, 0.5) is 13.2 Å². The number of carbonyl (C=O) groups is 3. The minimum absolute atomic E-state index is 0.00577. The Labute approximate surface area is 183 Å². The van der Waals surface area contributed by atoms with Gasteiger partial charge in [-0.3, -0.25) is 14.4 Å². The molecule has 0 bridgehead atoms. The largest absolute Gasteiger partial charge is 0.471 e. The minimum atomic E-state index is -4.92. The fraction of sp³-hybridized carbons (Fsp3) is 0.864. The Morgan fingerprint density at radius 3 is 2.06 bits per heavy atom. The van der Waals surface area contributed by atoms with Gasteiger partial charge < -0.3 is 14.4 Å². The highest BCUT2D eigenvalue weighted by Crippen LogP contribution is 2.20. The summed E-state index contributed by atoms with van der Waals surface area (Å²) in [4.78, 5) is 35.1. The van der Waals surface area contributed by atoms with E-state index in [1.165, 1.54) is 6.92 Å². The molecule has 31 heavy (non-hydrogen) atoms. The summed E-state index contributed by atoms with van der Waals surface area (Å²) in [6, 6.07) is 0. The molecule has 0 aliphatic rings. The molecule has 0 aliphatic heterocycles. The van der Waals surface area contributed by atoms with Crippen LogP contribution in [0.25, 0.3) is 0 Å². The van der Waals surface area contributed by atoms with Crippen molar-refractivity contribution in [1.29, 1.82) is 0 Å². The van der Waals surface area contributed by atoms with Gasteiger partial charge in [0.1, 0.15) is 6.10 Å². The summed E-state index contributed by atoms with van der Waals surface area (Å²) in [6.07, 6.45) is 1.66. The second-order valence-electron chi connectivity index (χ2n) is 7.63. The molecule has 6 nitrogen and oxygen atoms in total. The Bertz CT molecular complexity index is 526. The molecule has 0 fully saturated rings. The summed E-state index contributed by atoms with van der Waals surface area (Å²) in [6.45, 7) is 5.39. The number of hydrogen-bond donors (Lipinski definition) is 0. The van der Waals surface area contributed by atoms with Crippen LogP contribution in [-0.4, -0.2) is 54.7 Å². The Kier molecular flexibility index (Phi) is 15.9. The fourth-order valence-corrected chi connectivity index (χ4v) is 3.28. The SMILES string of the molecule is CCCCCC(CCCN(CCCCCCC(=O)OCC)C(=O)C(F)(F)F)OC(C)=O. The van der Waals surface area contributed by atoms with Gasteiger partial charge in [-0.2, -0.15) is 13.2 Å². The third-order valence-electron chi connectivity index (χ3n) is 4.81. The molecular weight excluding hydrogens is 415 g/mol. The number of amides is 1. The van der Waals surface area contributed by atoms with Crippen molar-refractivity contribution in [2.24, 2.45) is 0 Å². The summed E-state index contributed by atoms with van der Waals surface area (Å²) in [7, 11) is 0. The van der Waals surface area contributed by atoms with E-state index in [-0.39, 0.29) is 31.6 Å². The molecule has 0 aromatic rings. The zero-order valence-electron chi connectivity index (χ0n) is 19.1. The van der Waals surface area contributed by atoms with Gasteiger partial charge in [0, 0.05) is 26.4 Å². The number of ether oxygens (including phenoxy) is 2. The van der Waals surface area contributed by atoms with Gasteiger partial charge in [0.2, 0.25) is 0 Å². The van der Waals surface area contributed by atoms with Crippen molar-refractivity contribution in [2.45, 2.75) is 104 Å². The Morgan fingerprint density at radius 1 is 0.871 bits per heavy atom. The lowest BCUT2D eigenvalue weighted by Gasteiger charge is -2.25. The maximum Gasteiger partial charge on any atom is 0.471 e. The summed E-state index contributed by atoms with van der Waals surface area (Å²) in [5.74, 6) is -2.53. The van der Waals surface area contributed by atoms with E-state index >= 15 is 0 Å². The first-order valence-corrected chi connectivity index (χ1v) is 11.3. The van der Waals surface area contributed by atoms with Crippen LogP contribution < -0.4 is 0 Å². The van der Waals surface area contributed by atoms with Gasteiger partial charge in [-0.25, -0.2) is 0 Å². The molecule has 0 aromatic carbocycles. The maximum atomic E-state index is 12.9. The van der Waals surface area contributed by atoms with Gasteiger partial charge in [-0.05, 0) is 45.4 Å². The Hall–Kier alpha value is -1.80. The van der Waals surface area contributed by atoms with Gasteiger partial charge in [0.15, 0.2) is 0 Å². The molecule has 0 N–H and O–H groups in total. The molecule has 1 atom stereocenters. The van der Waals surface area contributed by atoms with Crippen molar-refractivity contribution in [3.05, 3.63) is 0 Å². The fourth-order valence-electron chi connectivity index (χ4n) is 3.28. The van der Waals surface area contributed by atoms with Crippen molar-refractivity contribution in [2.75, 3.05) is 19.7 Å². The summed E-state index contributed by atoms with van der Waals surface area (Å²) in [5.41, 5.74) is 0. The number of unbranched alkanes of at least 4 members (excludes halogenated alkanes) is 5. The molecule has 9 heteroatoms.